The number of hydrogen-bond acceptors (Lipinski definition) is 4. The van der Waals surface area contributed by atoms with Crippen LogP contribution in [0.1, 0.15) is 5.56 Å². The highest BCUT2D eigenvalue weighted by atomic mass is 35.5. The van der Waals surface area contributed by atoms with Crippen LogP contribution in [-0.4, -0.2) is 9.97 Å². The summed E-state index contributed by atoms with van der Waals surface area (Å²) >= 11 is 5.79. The Morgan fingerprint density at radius 1 is 1.26 bits per heavy atom. The molecule has 2 aromatic rings. The Labute approximate surface area is 111 Å². The number of nitrogen functional groups attached to an aromatic ring is 1. The quantitative estimate of drug-likeness (QED) is 0.888. The van der Waals surface area contributed by atoms with Crippen LogP contribution in [0.3, 0.4) is 0 Å². The molecule has 0 fully saturated rings. The first-order valence-electron chi connectivity index (χ1n) is 5.07. The van der Waals surface area contributed by atoms with Crippen molar-refractivity contribution >= 4 is 28.8 Å². The molecule has 0 amide bonds. The van der Waals surface area contributed by atoms with Crippen LogP contribution in [0.4, 0.5) is 30.4 Å². The third kappa shape index (κ3) is 3.05. The number of anilines is 3. The molecule has 0 aliphatic heterocycles. The van der Waals surface area contributed by atoms with Gasteiger partial charge in [0.2, 0.25) is 0 Å². The zero-order valence-corrected chi connectivity index (χ0v) is 10.1. The van der Waals surface area contributed by atoms with Gasteiger partial charge in [0.15, 0.2) is 5.82 Å². The standard InChI is InChI=1S/C11H8ClF3N4/c12-7-3-6(11(13,14)15)1-2-9(7)19-10-8(16)4-17-5-18-10/h1-5H,16H2,(H,17,18,19). The van der Waals surface area contributed by atoms with Crippen LogP contribution >= 0.6 is 11.6 Å². The van der Waals surface area contributed by atoms with E-state index in [1.165, 1.54) is 18.6 Å². The number of alkyl halides is 3. The number of nitrogens with zero attached hydrogens (tertiary/aromatic N) is 2. The number of nitrogens with two attached hydrogens (primary N) is 1. The summed E-state index contributed by atoms with van der Waals surface area (Å²) in [6.45, 7) is 0. The van der Waals surface area contributed by atoms with E-state index in [0.717, 1.165) is 12.1 Å². The summed E-state index contributed by atoms with van der Waals surface area (Å²) in [5.41, 5.74) is 5.33. The largest absolute Gasteiger partial charge is 0.416 e. The van der Waals surface area contributed by atoms with E-state index in [-0.39, 0.29) is 22.2 Å². The second-order valence-electron chi connectivity index (χ2n) is 3.64. The number of hydrogen-bond donors (Lipinski definition) is 2. The van der Waals surface area contributed by atoms with Crippen LogP contribution in [0.15, 0.2) is 30.7 Å². The van der Waals surface area contributed by atoms with Crippen LogP contribution in [-0.2, 0) is 6.18 Å². The van der Waals surface area contributed by atoms with E-state index in [4.69, 9.17) is 17.3 Å². The zero-order valence-electron chi connectivity index (χ0n) is 9.37. The summed E-state index contributed by atoms with van der Waals surface area (Å²) in [5.74, 6) is 0.275. The average molecular weight is 289 g/mol. The second kappa shape index (κ2) is 4.93. The molecule has 0 saturated carbocycles. The van der Waals surface area contributed by atoms with Gasteiger partial charge in [0.1, 0.15) is 6.33 Å². The number of benzene rings is 1. The van der Waals surface area contributed by atoms with Crippen LogP contribution in [0.5, 0.6) is 0 Å². The second-order valence-corrected chi connectivity index (χ2v) is 4.05. The van der Waals surface area contributed by atoms with Crippen molar-refractivity contribution in [2.24, 2.45) is 0 Å². The molecule has 0 aliphatic rings. The van der Waals surface area contributed by atoms with Gasteiger partial charge in [-0.15, -0.1) is 0 Å². The lowest BCUT2D eigenvalue weighted by Crippen LogP contribution is -2.05. The first-order valence-corrected chi connectivity index (χ1v) is 5.45. The smallest absolute Gasteiger partial charge is 0.394 e. The van der Waals surface area contributed by atoms with Crippen LogP contribution in [0, 0.1) is 0 Å². The van der Waals surface area contributed by atoms with Gasteiger partial charge in [-0.05, 0) is 18.2 Å². The van der Waals surface area contributed by atoms with Gasteiger partial charge in [-0.1, -0.05) is 11.6 Å². The Morgan fingerprint density at radius 2 is 2.00 bits per heavy atom. The van der Waals surface area contributed by atoms with Crippen molar-refractivity contribution in [3.8, 4) is 0 Å². The molecule has 0 aliphatic carbocycles. The lowest BCUT2D eigenvalue weighted by molar-refractivity contribution is -0.137. The van der Waals surface area contributed by atoms with Crippen LogP contribution < -0.4 is 11.1 Å². The zero-order chi connectivity index (χ0) is 14.0. The molecule has 100 valence electrons. The molecular weight excluding hydrogens is 281 g/mol. The van der Waals surface area contributed by atoms with E-state index >= 15 is 0 Å². The van der Waals surface area contributed by atoms with Crippen molar-refractivity contribution in [3.05, 3.63) is 41.3 Å². The first-order chi connectivity index (χ1) is 8.88. The average Bonchev–Trinajstić information content (AvgIpc) is 2.33. The highest BCUT2D eigenvalue weighted by Crippen LogP contribution is 2.34. The molecule has 0 bridgehead atoms. The SMILES string of the molecule is Nc1cncnc1Nc1ccc(C(F)(F)F)cc1Cl. The molecule has 4 nitrogen and oxygen atoms in total. The Morgan fingerprint density at radius 3 is 2.58 bits per heavy atom. The van der Waals surface area contributed by atoms with Crippen molar-refractivity contribution in [2.45, 2.75) is 6.18 Å². The molecule has 0 atom stereocenters. The Balaban J connectivity index is 2.30. The van der Waals surface area contributed by atoms with Crippen molar-refractivity contribution < 1.29 is 13.2 Å². The summed E-state index contributed by atoms with van der Waals surface area (Å²) in [6, 6.07) is 2.97. The van der Waals surface area contributed by atoms with Crippen LogP contribution in [0.25, 0.3) is 0 Å². The van der Waals surface area contributed by atoms with Gasteiger partial charge in [-0.25, -0.2) is 9.97 Å². The number of nitrogens with one attached hydrogen (secondary N) is 1. The van der Waals surface area contributed by atoms with Gasteiger partial charge >= 0.3 is 6.18 Å². The Bertz CT molecular complexity index is 601. The van der Waals surface area contributed by atoms with E-state index in [1.54, 1.807) is 0 Å². The summed E-state index contributed by atoms with van der Waals surface area (Å²) < 4.78 is 37.4. The van der Waals surface area contributed by atoms with Gasteiger partial charge in [0.05, 0.1) is 28.2 Å². The van der Waals surface area contributed by atoms with Gasteiger partial charge in [-0.3, -0.25) is 0 Å². The Kier molecular flexibility index (Phi) is 3.48. The third-order valence-corrected chi connectivity index (χ3v) is 2.60. The maximum atomic E-state index is 12.5. The minimum absolute atomic E-state index is 0.0761. The van der Waals surface area contributed by atoms with Crippen molar-refractivity contribution in [1.82, 2.24) is 9.97 Å². The van der Waals surface area contributed by atoms with Gasteiger partial charge in [-0.2, -0.15) is 13.2 Å². The molecule has 19 heavy (non-hydrogen) atoms. The van der Waals surface area contributed by atoms with E-state index in [2.05, 4.69) is 15.3 Å². The van der Waals surface area contributed by atoms with Gasteiger partial charge < -0.3 is 11.1 Å². The van der Waals surface area contributed by atoms with E-state index in [9.17, 15) is 13.2 Å². The maximum absolute atomic E-state index is 12.5. The van der Waals surface area contributed by atoms with E-state index < -0.39 is 11.7 Å². The molecule has 1 aromatic heterocycles. The fourth-order valence-electron chi connectivity index (χ4n) is 1.37. The number of rotatable bonds is 2. The molecule has 0 unspecified atom stereocenters. The lowest BCUT2D eigenvalue weighted by Gasteiger charge is -2.12. The molecule has 0 saturated heterocycles. The summed E-state index contributed by atoms with van der Waals surface area (Å²) in [4.78, 5) is 7.56. The number of halogens is 4. The van der Waals surface area contributed by atoms with Gasteiger partial charge in [0.25, 0.3) is 0 Å². The summed E-state index contributed by atoms with van der Waals surface area (Å²) in [6.07, 6.45) is -1.81. The topological polar surface area (TPSA) is 63.8 Å². The van der Waals surface area contributed by atoms with E-state index in [0.29, 0.717) is 0 Å². The molecule has 3 N–H and O–H groups in total. The summed E-state index contributed by atoms with van der Waals surface area (Å²) in [5, 5.41) is 2.67. The lowest BCUT2D eigenvalue weighted by atomic mass is 10.2. The van der Waals surface area contributed by atoms with E-state index in [1.807, 2.05) is 0 Å². The monoisotopic (exact) mass is 288 g/mol. The third-order valence-electron chi connectivity index (χ3n) is 2.29. The Hall–Kier alpha value is -2.02. The van der Waals surface area contributed by atoms with Crippen LogP contribution in [0.2, 0.25) is 5.02 Å². The minimum atomic E-state index is -4.43. The first kappa shape index (κ1) is 13.4. The molecule has 0 spiro atoms. The maximum Gasteiger partial charge on any atom is 0.416 e. The predicted molar refractivity (Wildman–Crippen MR) is 66.2 cm³/mol. The summed E-state index contributed by atoms with van der Waals surface area (Å²) in [7, 11) is 0. The highest BCUT2D eigenvalue weighted by molar-refractivity contribution is 6.33. The molecule has 1 heterocycles. The fourth-order valence-corrected chi connectivity index (χ4v) is 1.59. The highest BCUT2D eigenvalue weighted by Gasteiger charge is 2.30. The number of aromatic nitrogens is 2. The predicted octanol–water partition coefficient (Wildman–Crippen LogP) is 3.47. The molecule has 8 heteroatoms. The molecule has 2 rings (SSSR count). The van der Waals surface area contributed by atoms with Gasteiger partial charge in [0, 0.05) is 0 Å². The minimum Gasteiger partial charge on any atom is -0.394 e. The van der Waals surface area contributed by atoms with Crippen molar-refractivity contribution in [1.29, 1.82) is 0 Å². The van der Waals surface area contributed by atoms with Crippen molar-refractivity contribution in [2.75, 3.05) is 11.1 Å². The molecular formula is C11H8ClF3N4. The molecule has 0 radical (unpaired) electrons. The van der Waals surface area contributed by atoms with Crippen molar-refractivity contribution in [3.63, 3.8) is 0 Å². The fraction of sp³-hybridized carbons (Fsp3) is 0.0909. The normalized spacial score (nSPS) is 11.4. The molecule has 1 aromatic carbocycles.